The van der Waals surface area contributed by atoms with Crippen LogP contribution in [0.1, 0.15) is 51.7 Å². The molecule has 3 aromatic rings. The molecule has 1 aliphatic heterocycles. The Bertz CT molecular complexity index is 1490. The van der Waals surface area contributed by atoms with E-state index in [1.807, 2.05) is 74.6 Å². The molecule has 2 heterocycles. The van der Waals surface area contributed by atoms with E-state index in [2.05, 4.69) is 13.8 Å². The van der Waals surface area contributed by atoms with Gasteiger partial charge in [0, 0.05) is 29.4 Å². The van der Waals surface area contributed by atoms with Gasteiger partial charge in [0.2, 0.25) is 0 Å². The standard InChI is InChI=1S/C32H34N4O3/c1-6-15-35-31(37)27(23(5)28(19-33)32(35)38)18-25-20-36(26-10-8-7-9-11-26)34-30(25)24-12-13-29(22(4)17-24)39-16-14-21(2)3/h7-13,17-18,20-21H,6,14-16H2,1-5H3/b27-18+. The summed E-state index contributed by atoms with van der Waals surface area (Å²) in [5, 5.41) is 14.6. The largest absolute Gasteiger partial charge is 0.493 e. The molecule has 200 valence electrons. The number of aryl methyl sites for hydroxylation is 1. The van der Waals surface area contributed by atoms with Crippen LogP contribution in [0.15, 0.2) is 71.4 Å². The van der Waals surface area contributed by atoms with Crippen molar-refractivity contribution in [2.24, 2.45) is 5.92 Å². The third kappa shape index (κ3) is 5.85. The molecule has 0 bridgehead atoms. The zero-order valence-electron chi connectivity index (χ0n) is 23.2. The van der Waals surface area contributed by atoms with Gasteiger partial charge in [0.15, 0.2) is 0 Å². The highest BCUT2D eigenvalue weighted by molar-refractivity contribution is 6.19. The number of para-hydroxylation sites is 1. The first-order chi connectivity index (χ1) is 18.7. The lowest BCUT2D eigenvalue weighted by Gasteiger charge is -2.27. The van der Waals surface area contributed by atoms with Crippen molar-refractivity contribution in [1.29, 1.82) is 5.26 Å². The van der Waals surface area contributed by atoms with Gasteiger partial charge >= 0.3 is 0 Å². The van der Waals surface area contributed by atoms with E-state index in [9.17, 15) is 14.9 Å². The molecule has 39 heavy (non-hydrogen) atoms. The molecule has 0 saturated heterocycles. The summed E-state index contributed by atoms with van der Waals surface area (Å²) in [6.07, 6.45) is 5.19. The van der Waals surface area contributed by atoms with Crippen LogP contribution in [0.2, 0.25) is 0 Å². The summed E-state index contributed by atoms with van der Waals surface area (Å²) in [4.78, 5) is 27.4. The minimum Gasteiger partial charge on any atom is -0.493 e. The molecule has 0 unspecified atom stereocenters. The Kier molecular flexibility index (Phi) is 8.46. The van der Waals surface area contributed by atoms with Gasteiger partial charge in [0.05, 0.1) is 18.0 Å². The van der Waals surface area contributed by atoms with Crippen molar-refractivity contribution in [2.45, 2.75) is 47.5 Å². The Balaban J connectivity index is 1.83. The molecule has 4 rings (SSSR count). The zero-order valence-corrected chi connectivity index (χ0v) is 23.2. The second-order valence-corrected chi connectivity index (χ2v) is 10.2. The van der Waals surface area contributed by atoms with Gasteiger partial charge in [-0.25, -0.2) is 4.68 Å². The van der Waals surface area contributed by atoms with Crippen molar-refractivity contribution in [3.63, 3.8) is 0 Å². The number of benzene rings is 2. The van der Waals surface area contributed by atoms with E-state index >= 15 is 0 Å². The Labute approximate surface area is 230 Å². The highest BCUT2D eigenvalue weighted by atomic mass is 16.5. The van der Waals surface area contributed by atoms with Crippen LogP contribution < -0.4 is 4.74 Å². The first kappa shape index (κ1) is 27.6. The van der Waals surface area contributed by atoms with Gasteiger partial charge in [-0.3, -0.25) is 14.5 Å². The Morgan fingerprint density at radius 1 is 1.08 bits per heavy atom. The molecular formula is C32H34N4O3. The topological polar surface area (TPSA) is 88.2 Å². The smallest absolute Gasteiger partial charge is 0.271 e. The Morgan fingerprint density at radius 2 is 1.82 bits per heavy atom. The number of carbonyl (C=O) groups is 2. The number of aromatic nitrogens is 2. The summed E-state index contributed by atoms with van der Waals surface area (Å²) in [7, 11) is 0. The fourth-order valence-electron chi connectivity index (χ4n) is 4.51. The first-order valence-corrected chi connectivity index (χ1v) is 13.3. The molecule has 2 amide bonds. The Hall–Kier alpha value is -4.44. The van der Waals surface area contributed by atoms with Crippen LogP contribution in [0, 0.1) is 24.2 Å². The average Bonchev–Trinajstić information content (AvgIpc) is 3.34. The maximum atomic E-state index is 13.4. The van der Waals surface area contributed by atoms with Gasteiger partial charge in [0.25, 0.3) is 11.8 Å². The van der Waals surface area contributed by atoms with Crippen molar-refractivity contribution >= 4 is 17.9 Å². The van der Waals surface area contributed by atoms with E-state index in [1.54, 1.807) is 17.7 Å². The maximum absolute atomic E-state index is 13.4. The van der Waals surface area contributed by atoms with E-state index in [-0.39, 0.29) is 12.1 Å². The maximum Gasteiger partial charge on any atom is 0.271 e. The zero-order chi connectivity index (χ0) is 28.1. The second kappa shape index (κ2) is 12.0. The van der Waals surface area contributed by atoms with Crippen LogP contribution in [-0.2, 0) is 9.59 Å². The van der Waals surface area contributed by atoms with E-state index in [0.29, 0.717) is 41.3 Å². The van der Waals surface area contributed by atoms with Crippen LogP contribution in [0.5, 0.6) is 5.75 Å². The van der Waals surface area contributed by atoms with Gasteiger partial charge in [-0.15, -0.1) is 0 Å². The van der Waals surface area contributed by atoms with E-state index in [0.717, 1.165) is 33.9 Å². The van der Waals surface area contributed by atoms with Crippen molar-refractivity contribution in [1.82, 2.24) is 14.7 Å². The molecule has 1 aliphatic rings. The molecule has 0 N–H and O–H groups in total. The fourth-order valence-corrected chi connectivity index (χ4v) is 4.51. The first-order valence-electron chi connectivity index (χ1n) is 13.3. The number of carbonyl (C=O) groups excluding carboxylic acids is 2. The lowest BCUT2D eigenvalue weighted by molar-refractivity contribution is -0.140. The third-order valence-electron chi connectivity index (χ3n) is 6.74. The monoisotopic (exact) mass is 522 g/mol. The number of nitriles is 1. The van der Waals surface area contributed by atoms with E-state index in [4.69, 9.17) is 9.84 Å². The summed E-state index contributed by atoms with van der Waals surface area (Å²) < 4.78 is 7.78. The predicted molar refractivity (Wildman–Crippen MR) is 152 cm³/mol. The van der Waals surface area contributed by atoms with Crippen LogP contribution >= 0.6 is 0 Å². The molecule has 0 fully saturated rings. The number of imide groups is 1. The average molecular weight is 523 g/mol. The molecule has 0 saturated carbocycles. The summed E-state index contributed by atoms with van der Waals surface area (Å²) in [6.45, 7) is 10.8. The number of hydrogen-bond acceptors (Lipinski definition) is 5. The lowest BCUT2D eigenvalue weighted by atomic mass is 9.93. The molecule has 0 spiro atoms. The second-order valence-electron chi connectivity index (χ2n) is 10.2. The molecule has 7 nitrogen and oxygen atoms in total. The van der Waals surface area contributed by atoms with Gasteiger partial charge in [-0.2, -0.15) is 10.4 Å². The molecular weight excluding hydrogens is 488 g/mol. The summed E-state index contributed by atoms with van der Waals surface area (Å²) in [5.74, 6) is 0.451. The van der Waals surface area contributed by atoms with Crippen molar-refractivity contribution < 1.29 is 14.3 Å². The molecule has 1 aromatic heterocycles. The number of amides is 2. The van der Waals surface area contributed by atoms with Crippen LogP contribution in [0.25, 0.3) is 23.0 Å². The summed E-state index contributed by atoms with van der Waals surface area (Å²) in [6, 6.07) is 17.7. The highest BCUT2D eigenvalue weighted by Gasteiger charge is 2.35. The number of hydrogen-bond donors (Lipinski definition) is 0. The number of ether oxygens (including phenoxy) is 1. The van der Waals surface area contributed by atoms with Crippen molar-refractivity contribution in [3.05, 3.63) is 82.6 Å². The number of rotatable bonds is 9. The minimum atomic E-state index is -0.539. The van der Waals surface area contributed by atoms with Crippen molar-refractivity contribution in [2.75, 3.05) is 13.2 Å². The lowest BCUT2D eigenvalue weighted by Crippen LogP contribution is -2.43. The van der Waals surface area contributed by atoms with Crippen molar-refractivity contribution in [3.8, 4) is 28.8 Å². The third-order valence-corrected chi connectivity index (χ3v) is 6.74. The molecule has 0 aliphatic carbocycles. The SMILES string of the molecule is CCCN1C(=O)C(C#N)=C(C)/C(=C\c2cn(-c3ccccc3)nc2-c2ccc(OCCC(C)C)c(C)c2)C1=O. The minimum absolute atomic E-state index is 0.00922. The molecule has 0 radical (unpaired) electrons. The highest BCUT2D eigenvalue weighted by Crippen LogP contribution is 2.33. The van der Waals surface area contributed by atoms with Gasteiger partial charge in [-0.05, 0) is 80.2 Å². The van der Waals surface area contributed by atoms with E-state index in [1.165, 1.54) is 0 Å². The summed E-state index contributed by atoms with van der Waals surface area (Å²) >= 11 is 0. The van der Waals surface area contributed by atoms with Gasteiger partial charge in [0.1, 0.15) is 17.4 Å². The van der Waals surface area contributed by atoms with Gasteiger partial charge in [-0.1, -0.05) is 39.0 Å². The molecule has 7 heteroatoms. The fraction of sp³-hybridized carbons (Fsp3) is 0.312. The molecule has 0 atom stereocenters. The normalized spacial score (nSPS) is 14.9. The van der Waals surface area contributed by atoms with Crippen LogP contribution in [-0.4, -0.2) is 39.6 Å². The van der Waals surface area contributed by atoms with Crippen LogP contribution in [0.3, 0.4) is 0 Å². The predicted octanol–water partition coefficient (Wildman–Crippen LogP) is 6.27. The van der Waals surface area contributed by atoms with Crippen LogP contribution in [0.4, 0.5) is 0 Å². The summed E-state index contributed by atoms with van der Waals surface area (Å²) in [5.41, 5.74) is 4.81. The Morgan fingerprint density at radius 3 is 2.46 bits per heavy atom. The van der Waals surface area contributed by atoms with Gasteiger partial charge < -0.3 is 4.74 Å². The molecule has 2 aromatic carbocycles. The number of nitrogens with zero attached hydrogens (tertiary/aromatic N) is 4. The quantitative estimate of drug-likeness (QED) is 0.244. The van der Waals surface area contributed by atoms with E-state index < -0.39 is 11.8 Å².